The molecule has 0 aliphatic heterocycles. The van der Waals surface area contributed by atoms with Crippen molar-refractivity contribution < 1.29 is 0 Å². The summed E-state index contributed by atoms with van der Waals surface area (Å²) < 4.78 is 3.44. The van der Waals surface area contributed by atoms with Gasteiger partial charge in [0.1, 0.15) is 16.7 Å². The predicted octanol–water partition coefficient (Wildman–Crippen LogP) is 6.36. The zero-order valence-corrected chi connectivity index (χ0v) is 22.3. The number of para-hydroxylation sites is 2. The van der Waals surface area contributed by atoms with E-state index in [1.54, 1.807) is 15.5 Å². The van der Waals surface area contributed by atoms with Crippen LogP contribution in [0.5, 0.6) is 0 Å². The van der Waals surface area contributed by atoms with Crippen LogP contribution in [0, 0.1) is 6.92 Å². The van der Waals surface area contributed by atoms with Gasteiger partial charge in [-0.15, -0.1) is 0 Å². The molecule has 5 aromatic rings. The molecule has 5 rings (SSSR count). The maximum absolute atomic E-state index is 13.8. The lowest BCUT2D eigenvalue weighted by atomic mass is 9.87. The number of hydrogen-bond donors (Lipinski definition) is 0. The molecule has 0 N–H and O–H groups in total. The van der Waals surface area contributed by atoms with E-state index in [0.29, 0.717) is 34.6 Å². The second-order valence-electron chi connectivity index (χ2n) is 10.7. The highest BCUT2D eigenvalue weighted by atomic mass is 16.1. The van der Waals surface area contributed by atoms with Crippen molar-refractivity contribution in [3.8, 4) is 0 Å². The Bertz CT molecular complexity index is 1670. The van der Waals surface area contributed by atoms with Crippen molar-refractivity contribution in [2.45, 2.75) is 72.3 Å². The standard InChI is InChI=1S/C30H34N6O/c1-6-7-8-11-18-35-20(2)32-27-25(29(35)37)26-28(34-24-13-10-9-12-23(24)33-26)36(27)31-19-21-14-16-22(17-15-21)30(3,4)5/h9-10,12-17,19H,6-8,11,18H2,1-5H3/b31-19+. The number of aromatic nitrogens is 5. The summed E-state index contributed by atoms with van der Waals surface area (Å²) in [5, 5.41) is 5.24. The minimum atomic E-state index is -0.0861. The van der Waals surface area contributed by atoms with E-state index in [-0.39, 0.29) is 11.0 Å². The Balaban J connectivity index is 1.68. The van der Waals surface area contributed by atoms with Crippen molar-refractivity contribution in [2.24, 2.45) is 5.10 Å². The van der Waals surface area contributed by atoms with Crippen LogP contribution >= 0.6 is 0 Å². The fraction of sp³-hybridized carbons (Fsp3) is 0.367. The van der Waals surface area contributed by atoms with Gasteiger partial charge < -0.3 is 0 Å². The first-order valence-electron chi connectivity index (χ1n) is 13.1. The van der Waals surface area contributed by atoms with Gasteiger partial charge in [-0.05, 0) is 42.0 Å². The van der Waals surface area contributed by atoms with Crippen LogP contribution in [-0.2, 0) is 12.0 Å². The summed E-state index contributed by atoms with van der Waals surface area (Å²) in [7, 11) is 0. The molecular weight excluding hydrogens is 460 g/mol. The van der Waals surface area contributed by atoms with Crippen molar-refractivity contribution in [2.75, 3.05) is 0 Å². The third kappa shape index (κ3) is 4.78. The molecule has 0 spiro atoms. The number of fused-ring (bicyclic) bond motifs is 4. The fourth-order valence-electron chi connectivity index (χ4n) is 4.68. The Morgan fingerprint density at radius 1 is 0.892 bits per heavy atom. The van der Waals surface area contributed by atoms with Crippen molar-refractivity contribution in [1.82, 2.24) is 24.2 Å². The fourth-order valence-corrected chi connectivity index (χ4v) is 4.68. The smallest absolute Gasteiger partial charge is 0.265 e. The lowest BCUT2D eigenvalue weighted by Gasteiger charge is -2.18. The number of unbranched alkanes of at least 4 members (excludes halogenated alkanes) is 3. The molecule has 190 valence electrons. The molecule has 0 amide bonds. The average molecular weight is 495 g/mol. The Morgan fingerprint density at radius 2 is 1.59 bits per heavy atom. The number of benzene rings is 2. The van der Waals surface area contributed by atoms with E-state index < -0.39 is 0 Å². The second kappa shape index (κ2) is 9.88. The molecule has 7 heteroatoms. The maximum atomic E-state index is 13.8. The maximum Gasteiger partial charge on any atom is 0.265 e. The molecule has 3 aromatic heterocycles. The van der Waals surface area contributed by atoms with Crippen LogP contribution in [0.3, 0.4) is 0 Å². The van der Waals surface area contributed by atoms with Gasteiger partial charge in [-0.1, -0.05) is 83.4 Å². The lowest BCUT2D eigenvalue weighted by molar-refractivity contribution is 0.556. The van der Waals surface area contributed by atoms with Crippen LogP contribution in [0.4, 0.5) is 0 Å². The molecule has 3 heterocycles. The first-order chi connectivity index (χ1) is 17.8. The number of nitrogens with zero attached hydrogens (tertiary/aromatic N) is 6. The minimum absolute atomic E-state index is 0.0804. The van der Waals surface area contributed by atoms with E-state index in [1.807, 2.05) is 31.2 Å². The van der Waals surface area contributed by atoms with E-state index in [4.69, 9.17) is 20.1 Å². The van der Waals surface area contributed by atoms with Crippen LogP contribution in [0.25, 0.3) is 33.2 Å². The van der Waals surface area contributed by atoms with E-state index in [9.17, 15) is 4.79 Å². The number of rotatable bonds is 7. The van der Waals surface area contributed by atoms with Crippen molar-refractivity contribution in [3.05, 3.63) is 75.8 Å². The summed E-state index contributed by atoms with van der Waals surface area (Å²) in [6.07, 6.45) is 6.13. The minimum Gasteiger partial charge on any atom is -0.296 e. The molecule has 0 unspecified atom stereocenters. The topological polar surface area (TPSA) is 78.0 Å². The summed E-state index contributed by atoms with van der Waals surface area (Å²) in [5.74, 6) is 0.673. The van der Waals surface area contributed by atoms with Crippen LogP contribution < -0.4 is 5.56 Å². The molecule has 0 fully saturated rings. The van der Waals surface area contributed by atoms with Gasteiger partial charge in [-0.25, -0.2) is 15.0 Å². The van der Waals surface area contributed by atoms with Crippen molar-refractivity contribution >= 4 is 39.4 Å². The summed E-state index contributed by atoms with van der Waals surface area (Å²) in [4.78, 5) is 28.3. The summed E-state index contributed by atoms with van der Waals surface area (Å²) in [6, 6.07) is 16.1. The van der Waals surface area contributed by atoms with Gasteiger partial charge in [0.25, 0.3) is 5.56 Å². The van der Waals surface area contributed by atoms with Crippen LogP contribution in [-0.4, -0.2) is 30.4 Å². The largest absolute Gasteiger partial charge is 0.296 e. The van der Waals surface area contributed by atoms with Gasteiger partial charge in [0.05, 0.1) is 17.2 Å². The third-order valence-electron chi connectivity index (χ3n) is 6.87. The van der Waals surface area contributed by atoms with Crippen molar-refractivity contribution in [1.29, 1.82) is 0 Å². The molecule has 37 heavy (non-hydrogen) atoms. The van der Waals surface area contributed by atoms with Crippen LogP contribution in [0.1, 0.15) is 70.3 Å². The Morgan fingerprint density at radius 3 is 2.27 bits per heavy atom. The Hall–Kier alpha value is -3.87. The van der Waals surface area contributed by atoms with Gasteiger partial charge in [0.15, 0.2) is 11.3 Å². The molecule has 0 bridgehead atoms. The van der Waals surface area contributed by atoms with Crippen molar-refractivity contribution in [3.63, 3.8) is 0 Å². The molecule has 0 saturated heterocycles. The highest BCUT2D eigenvalue weighted by Gasteiger charge is 2.21. The third-order valence-corrected chi connectivity index (χ3v) is 6.87. The summed E-state index contributed by atoms with van der Waals surface area (Å²) >= 11 is 0. The number of aryl methyl sites for hydroxylation is 1. The normalized spacial score (nSPS) is 12.5. The van der Waals surface area contributed by atoms with Gasteiger partial charge in [0.2, 0.25) is 0 Å². The van der Waals surface area contributed by atoms with Crippen LogP contribution in [0.15, 0.2) is 58.4 Å². The first-order valence-corrected chi connectivity index (χ1v) is 13.1. The molecule has 0 aliphatic carbocycles. The first kappa shape index (κ1) is 24.8. The average Bonchev–Trinajstić information content (AvgIpc) is 3.17. The zero-order valence-electron chi connectivity index (χ0n) is 22.3. The summed E-state index contributed by atoms with van der Waals surface area (Å²) in [6.45, 7) is 11.3. The number of hydrogen-bond acceptors (Lipinski definition) is 5. The van der Waals surface area contributed by atoms with Crippen LogP contribution in [0.2, 0.25) is 0 Å². The molecule has 0 radical (unpaired) electrons. The highest BCUT2D eigenvalue weighted by molar-refractivity contribution is 6.05. The van der Waals surface area contributed by atoms with E-state index in [0.717, 1.165) is 42.3 Å². The SMILES string of the molecule is CCCCCCn1c(C)nc2c(c1=O)c1nc3ccccc3nc1n2/N=C/c1ccc(C(C)(C)C)cc1. The zero-order chi connectivity index (χ0) is 26.2. The second-order valence-corrected chi connectivity index (χ2v) is 10.7. The molecule has 7 nitrogen and oxygen atoms in total. The van der Waals surface area contributed by atoms with Gasteiger partial charge >= 0.3 is 0 Å². The molecule has 2 aromatic carbocycles. The van der Waals surface area contributed by atoms with E-state index in [2.05, 4.69) is 52.0 Å². The van der Waals surface area contributed by atoms with E-state index >= 15 is 0 Å². The predicted molar refractivity (Wildman–Crippen MR) is 152 cm³/mol. The molecule has 0 aliphatic rings. The lowest BCUT2D eigenvalue weighted by Crippen LogP contribution is -2.24. The van der Waals surface area contributed by atoms with Gasteiger partial charge in [0, 0.05) is 6.54 Å². The monoisotopic (exact) mass is 494 g/mol. The van der Waals surface area contributed by atoms with E-state index in [1.165, 1.54) is 5.56 Å². The van der Waals surface area contributed by atoms with Gasteiger partial charge in [-0.3, -0.25) is 9.36 Å². The van der Waals surface area contributed by atoms with Gasteiger partial charge in [-0.2, -0.15) is 9.78 Å². The summed E-state index contributed by atoms with van der Waals surface area (Å²) in [5.41, 5.74) is 5.26. The Labute approximate surface area is 216 Å². The molecular formula is C30H34N6O. The Kier molecular flexibility index (Phi) is 6.63. The molecule has 0 saturated carbocycles. The quantitative estimate of drug-likeness (QED) is 0.195. The molecule has 0 atom stereocenters. The highest BCUT2D eigenvalue weighted by Crippen LogP contribution is 2.26.